The minimum absolute atomic E-state index is 0.228. The van der Waals surface area contributed by atoms with E-state index in [1.54, 1.807) is 6.07 Å². The molecule has 3 N–H and O–H groups in total. The number of hydrogen-bond acceptors (Lipinski definition) is 5. The highest BCUT2D eigenvalue weighted by molar-refractivity contribution is 7.99. The zero-order chi connectivity index (χ0) is 20.8. The van der Waals surface area contributed by atoms with Crippen LogP contribution in [0.25, 0.3) is 10.9 Å². The SMILES string of the molecule is O[C@@H](COc1ccccc1CNCc1cc2cc(F)ccc2[nH]1)CN1CCSCC1. The van der Waals surface area contributed by atoms with E-state index < -0.39 is 6.10 Å². The molecule has 0 amide bonds. The number of fused-ring (bicyclic) bond motifs is 1. The Hall–Kier alpha value is -2.06. The minimum Gasteiger partial charge on any atom is -0.491 e. The Kier molecular flexibility index (Phi) is 7.28. The molecule has 1 aliphatic rings. The Bertz CT molecular complexity index is 959. The Balaban J connectivity index is 1.28. The summed E-state index contributed by atoms with van der Waals surface area (Å²) in [7, 11) is 0. The van der Waals surface area contributed by atoms with Crippen molar-refractivity contribution in [1.82, 2.24) is 15.2 Å². The number of thioether (sulfide) groups is 1. The van der Waals surface area contributed by atoms with Crippen molar-refractivity contribution in [1.29, 1.82) is 0 Å². The van der Waals surface area contributed by atoms with Crippen LogP contribution in [0, 0.1) is 5.82 Å². The van der Waals surface area contributed by atoms with Gasteiger partial charge in [0, 0.05) is 66.4 Å². The fraction of sp³-hybridized carbons (Fsp3) is 0.391. The van der Waals surface area contributed by atoms with Crippen molar-refractivity contribution in [3.63, 3.8) is 0 Å². The fourth-order valence-corrected chi connectivity index (χ4v) is 4.68. The number of nitrogens with one attached hydrogen (secondary N) is 2. The van der Waals surface area contributed by atoms with Crippen LogP contribution in [0.2, 0.25) is 0 Å². The highest BCUT2D eigenvalue weighted by Gasteiger charge is 2.15. The van der Waals surface area contributed by atoms with Crippen molar-refractivity contribution in [2.24, 2.45) is 0 Å². The molecule has 30 heavy (non-hydrogen) atoms. The monoisotopic (exact) mass is 429 g/mol. The molecule has 0 spiro atoms. The van der Waals surface area contributed by atoms with Gasteiger partial charge in [-0.1, -0.05) is 18.2 Å². The number of hydrogen-bond donors (Lipinski definition) is 3. The smallest absolute Gasteiger partial charge is 0.123 e. The first-order valence-electron chi connectivity index (χ1n) is 10.3. The number of aliphatic hydroxyl groups excluding tert-OH is 1. The second-order valence-corrected chi connectivity index (χ2v) is 8.84. The lowest BCUT2D eigenvalue weighted by Gasteiger charge is -2.28. The predicted molar refractivity (Wildman–Crippen MR) is 121 cm³/mol. The Morgan fingerprint density at radius 1 is 1.13 bits per heavy atom. The van der Waals surface area contributed by atoms with Gasteiger partial charge in [0.15, 0.2) is 0 Å². The Morgan fingerprint density at radius 2 is 1.97 bits per heavy atom. The molecule has 160 valence electrons. The number of aromatic nitrogens is 1. The third kappa shape index (κ3) is 5.76. The van der Waals surface area contributed by atoms with E-state index in [1.165, 1.54) is 12.1 Å². The molecule has 1 aliphatic heterocycles. The van der Waals surface area contributed by atoms with E-state index in [1.807, 2.05) is 42.1 Å². The summed E-state index contributed by atoms with van der Waals surface area (Å²) in [4.78, 5) is 5.60. The second-order valence-electron chi connectivity index (χ2n) is 7.62. The lowest BCUT2D eigenvalue weighted by atomic mass is 10.2. The molecule has 0 radical (unpaired) electrons. The van der Waals surface area contributed by atoms with Crippen LogP contribution in [-0.4, -0.2) is 58.8 Å². The number of rotatable bonds is 9. The van der Waals surface area contributed by atoms with E-state index in [9.17, 15) is 9.50 Å². The average Bonchev–Trinajstić information content (AvgIpc) is 3.15. The topological polar surface area (TPSA) is 60.5 Å². The number of ether oxygens (including phenoxy) is 1. The Morgan fingerprint density at radius 3 is 2.83 bits per heavy atom. The van der Waals surface area contributed by atoms with Gasteiger partial charge in [0.1, 0.15) is 24.3 Å². The van der Waals surface area contributed by atoms with Gasteiger partial charge >= 0.3 is 0 Å². The molecule has 1 fully saturated rings. The third-order valence-electron chi connectivity index (χ3n) is 5.25. The zero-order valence-corrected chi connectivity index (χ0v) is 17.8. The predicted octanol–water partition coefficient (Wildman–Crippen LogP) is 3.39. The largest absolute Gasteiger partial charge is 0.491 e. The van der Waals surface area contributed by atoms with Crippen molar-refractivity contribution in [2.75, 3.05) is 37.7 Å². The summed E-state index contributed by atoms with van der Waals surface area (Å²) in [5.41, 5.74) is 2.98. The summed E-state index contributed by atoms with van der Waals surface area (Å²) >= 11 is 1.97. The van der Waals surface area contributed by atoms with Crippen molar-refractivity contribution < 1.29 is 14.2 Å². The summed E-state index contributed by atoms with van der Waals surface area (Å²) in [6.45, 7) is 4.28. The number of benzene rings is 2. The van der Waals surface area contributed by atoms with E-state index in [4.69, 9.17) is 4.74 Å². The van der Waals surface area contributed by atoms with Gasteiger partial charge in [0.05, 0.1) is 0 Å². The molecule has 0 saturated carbocycles. The van der Waals surface area contributed by atoms with Gasteiger partial charge in [-0.25, -0.2) is 4.39 Å². The van der Waals surface area contributed by atoms with Crippen molar-refractivity contribution >= 4 is 22.7 Å². The van der Waals surface area contributed by atoms with E-state index in [-0.39, 0.29) is 12.4 Å². The summed E-state index contributed by atoms with van der Waals surface area (Å²) < 4.78 is 19.3. The maximum atomic E-state index is 13.4. The number of β-amino-alcohol motifs (C(OH)–C–C–N with tert-alkyl or cyclic N) is 1. The standard InChI is InChI=1S/C23H28FN3O2S/c24-19-5-6-22-18(11-19)12-20(26-22)14-25-13-17-3-1-2-4-23(17)29-16-21(28)15-27-7-9-30-10-8-27/h1-6,11-12,21,25-26,28H,7-10,13-16H2/t21-/m1/s1. The minimum atomic E-state index is -0.499. The molecule has 1 atom stereocenters. The second kappa shape index (κ2) is 10.3. The molecule has 4 rings (SSSR count). The lowest BCUT2D eigenvalue weighted by Crippen LogP contribution is -2.40. The van der Waals surface area contributed by atoms with Crippen LogP contribution in [0.5, 0.6) is 5.75 Å². The van der Waals surface area contributed by atoms with Gasteiger partial charge in [-0.3, -0.25) is 4.90 Å². The maximum Gasteiger partial charge on any atom is 0.123 e. The van der Waals surface area contributed by atoms with Crippen LogP contribution in [0.3, 0.4) is 0 Å². The molecule has 1 aromatic heterocycles. The van der Waals surface area contributed by atoms with E-state index in [2.05, 4.69) is 15.2 Å². The molecule has 2 heterocycles. The number of halogens is 1. The van der Waals surface area contributed by atoms with Crippen LogP contribution in [-0.2, 0) is 13.1 Å². The van der Waals surface area contributed by atoms with Gasteiger partial charge in [-0.15, -0.1) is 0 Å². The van der Waals surface area contributed by atoms with Gasteiger partial charge in [-0.2, -0.15) is 11.8 Å². The molecule has 0 bridgehead atoms. The van der Waals surface area contributed by atoms with E-state index >= 15 is 0 Å². The first-order valence-corrected chi connectivity index (χ1v) is 11.5. The number of aromatic amines is 1. The van der Waals surface area contributed by atoms with Crippen molar-refractivity contribution in [3.8, 4) is 5.75 Å². The number of nitrogens with zero attached hydrogens (tertiary/aromatic N) is 1. The molecule has 1 saturated heterocycles. The number of para-hydroxylation sites is 1. The van der Waals surface area contributed by atoms with Crippen molar-refractivity contribution in [3.05, 3.63) is 65.6 Å². The van der Waals surface area contributed by atoms with Crippen molar-refractivity contribution in [2.45, 2.75) is 19.2 Å². The normalized spacial score (nSPS) is 16.1. The first-order chi connectivity index (χ1) is 14.7. The molecule has 0 aliphatic carbocycles. The zero-order valence-electron chi connectivity index (χ0n) is 16.9. The molecular formula is C23H28FN3O2S. The first kappa shape index (κ1) is 21.2. The van der Waals surface area contributed by atoms with Crippen LogP contribution in [0.15, 0.2) is 48.5 Å². The summed E-state index contributed by atoms with van der Waals surface area (Å²) in [6, 6.07) is 14.6. The highest BCUT2D eigenvalue weighted by atomic mass is 32.2. The van der Waals surface area contributed by atoms with E-state index in [0.29, 0.717) is 19.6 Å². The summed E-state index contributed by atoms with van der Waals surface area (Å²) in [5.74, 6) is 2.83. The molecule has 5 nitrogen and oxygen atoms in total. The molecule has 0 unspecified atom stereocenters. The molecule has 7 heteroatoms. The van der Waals surface area contributed by atoms with Crippen LogP contribution in [0.1, 0.15) is 11.3 Å². The maximum absolute atomic E-state index is 13.4. The van der Waals surface area contributed by atoms with Crippen LogP contribution >= 0.6 is 11.8 Å². The van der Waals surface area contributed by atoms with Gasteiger partial charge in [-0.05, 0) is 30.3 Å². The van der Waals surface area contributed by atoms with E-state index in [0.717, 1.165) is 52.5 Å². The molecular weight excluding hydrogens is 401 g/mol. The third-order valence-corrected chi connectivity index (χ3v) is 6.19. The van der Waals surface area contributed by atoms with Gasteiger partial charge in [0.2, 0.25) is 0 Å². The Labute approximate surface area is 180 Å². The van der Waals surface area contributed by atoms with Crippen LogP contribution in [0.4, 0.5) is 4.39 Å². The van der Waals surface area contributed by atoms with Gasteiger partial charge in [0.25, 0.3) is 0 Å². The fourth-order valence-electron chi connectivity index (χ4n) is 3.70. The summed E-state index contributed by atoms with van der Waals surface area (Å²) in [6.07, 6.45) is -0.499. The lowest BCUT2D eigenvalue weighted by molar-refractivity contribution is 0.0711. The average molecular weight is 430 g/mol. The van der Waals surface area contributed by atoms with Gasteiger partial charge < -0.3 is 20.1 Å². The number of aliphatic hydroxyl groups is 1. The molecule has 3 aromatic rings. The quantitative estimate of drug-likeness (QED) is 0.487. The van der Waals surface area contributed by atoms with Crippen LogP contribution < -0.4 is 10.1 Å². The highest BCUT2D eigenvalue weighted by Crippen LogP contribution is 2.20. The molecule has 2 aromatic carbocycles. The number of H-pyrrole nitrogens is 1. The summed E-state index contributed by atoms with van der Waals surface area (Å²) in [5, 5.41) is 14.6.